The van der Waals surface area contributed by atoms with Crippen LogP contribution >= 0.6 is 47.8 Å². The van der Waals surface area contributed by atoms with Crippen LogP contribution in [0.3, 0.4) is 0 Å². The molecule has 0 saturated heterocycles. The molecule has 0 radical (unpaired) electrons. The molecule has 0 unspecified atom stereocenters. The molecule has 0 fully saturated rings. The number of halogens is 14. The van der Waals surface area contributed by atoms with E-state index in [1.807, 2.05) is 144 Å². The minimum absolute atomic E-state index is 0. The fourth-order valence-electron chi connectivity index (χ4n) is 11.7. The van der Waals surface area contributed by atoms with Gasteiger partial charge < -0.3 is 0 Å². The minimum atomic E-state index is -1.19. The zero-order chi connectivity index (χ0) is 82.7. The van der Waals surface area contributed by atoms with E-state index < -0.39 is 52.4 Å². The first-order chi connectivity index (χ1) is 50.6. The van der Waals surface area contributed by atoms with Gasteiger partial charge in [-0.2, -0.15) is 30.6 Å². The predicted molar refractivity (Wildman–Crippen MR) is 440 cm³/mol. The summed E-state index contributed by atoms with van der Waals surface area (Å²) in [6, 6.07) is 20.3. The molecule has 0 aliphatic heterocycles. The summed E-state index contributed by atoms with van der Waals surface area (Å²) in [5.74, 6) is -7.31. The standard InChI is InChI=1S/C14H15BrF2N2.2C14H16BrFN2.C14H15F3N2.2C14H16F2N2.2CH4/c1-8-7-18-19(14(2,3)4)13(8)9-5-11(16)12(17)6-10(9)15;1-9-8-17-18(14(2,3)4)13(9)11-7-10(16)5-6-12(11)15;1-9-8-17-18(14(2,3)4)13(9)11-6-5-10(16)7-12(11)15;1-8-7-18-19(14(2,3)4)13(8)9-5-11(16)12(17)6-10(9)15;1-9-8-17-18(14(2,3)4)13(9)11-7-10(15)5-6-12(11)16;1-9-8-17-18(14(2,3)4)13(9)11-6-5-10(15)7-12(11)16;;/h5-7H,1-4H3;2*5-8H,1-4H3;5-7H,1-4H3;2*5-8H,1-4H3;2*1H4. The molecule has 0 amide bonds. The van der Waals surface area contributed by atoms with Crippen LogP contribution in [-0.4, -0.2) is 58.7 Å². The highest BCUT2D eigenvalue weighted by Crippen LogP contribution is 2.40. The molecule has 0 aliphatic rings. The van der Waals surface area contributed by atoms with Crippen LogP contribution in [0.25, 0.3) is 67.5 Å². The average Bonchev–Trinajstić information content (AvgIpc) is 1.64. The maximum atomic E-state index is 13.9. The second-order valence-corrected chi connectivity index (χ2v) is 35.1. The number of benzene rings is 6. The van der Waals surface area contributed by atoms with Gasteiger partial charge in [-0.15, -0.1) is 0 Å². The van der Waals surface area contributed by atoms with E-state index in [1.165, 1.54) is 48.5 Å². The van der Waals surface area contributed by atoms with Gasteiger partial charge in [-0.1, -0.05) is 30.8 Å². The Bertz CT molecular complexity index is 4930. The number of hydrogen-bond donors (Lipinski definition) is 0. The molecule has 6 heterocycles. The first-order valence-electron chi connectivity index (χ1n) is 35.1. The van der Waals surface area contributed by atoms with Gasteiger partial charge in [-0.3, -0.25) is 28.1 Å². The van der Waals surface area contributed by atoms with Crippen molar-refractivity contribution in [2.75, 3.05) is 0 Å². The molecular formula is C86H102Br3F11N12. The summed E-state index contributed by atoms with van der Waals surface area (Å²) in [5.41, 5.74) is 11.6. The molecule has 0 aliphatic carbocycles. The maximum absolute atomic E-state index is 13.9. The topological polar surface area (TPSA) is 107 Å². The highest BCUT2D eigenvalue weighted by molar-refractivity contribution is 9.11. The van der Waals surface area contributed by atoms with Crippen molar-refractivity contribution in [2.45, 2.75) is 214 Å². The summed E-state index contributed by atoms with van der Waals surface area (Å²) >= 11 is 10.2. The molecule has 112 heavy (non-hydrogen) atoms. The van der Waals surface area contributed by atoms with Gasteiger partial charge in [0.2, 0.25) is 0 Å². The third-order valence-electron chi connectivity index (χ3n) is 16.8. The largest absolute Gasteiger partial charge is 0.259 e. The second-order valence-electron chi connectivity index (χ2n) is 32.5. The van der Waals surface area contributed by atoms with Crippen molar-refractivity contribution in [1.82, 2.24) is 58.7 Å². The first-order valence-corrected chi connectivity index (χ1v) is 37.5. The van der Waals surface area contributed by atoms with Gasteiger partial charge in [0, 0.05) is 58.9 Å². The molecule has 12 aromatic rings. The van der Waals surface area contributed by atoms with E-state index in [0.717, 1.165) is 95.3 Å². The highest BCUT2D eigenvalue weighted by Gasteiger charge is 2.30. The predicted octanol–water partition coefficient (Wildman–Crippen LogP) is 26.8. The van der Waals surface area contributed by atoms with Crippen LogP contribution in [0, 0.1) is 106 Å². The van der Waals surface area contributed by atoms with Crippen LogP contribution in [0.2, 0.25) is 0 Å². The number of rotatable bonds is 6. The summed E-state index contributed by atoms with van der Waals surface area (Å²) in [6.07, 6.45) is 10.3. The molecule has 6 aromatic heterocycles. The number of hydrogen-bond acceptors (Lipinski definition) is 6. The van der Waals surface area contributed by atoms with E-state index >= 15 is 0 Å². The van der Waals surface area contributed by atoms with E-state index in [9.17, 15) is 48.3 Å². The van der Waals surface area contributed by atoms with Crippen molar-refractivity contribution in [3.05, 3.63) is 245 Å². The van der Waals surface area contributed by atoms with Crippen LogP contribution in [0.15, 0.2) is 148 Å². The molecule has 6 aromatic carbocycles. The van der Waals surface area contributed by atoms with Gasteiger partial charge >= 0.3 is 0 Å². The molecular weight excluding hydrogens is 1650 g/mol. The Morgan fingerprint density at radius 1 is 0.223 bits per heavy atom. The molecule has 604 valence electrons. The molecule has 12 nitrogen and oxygen atoms in total. The van der Waals surface area contributed by atoms with E-state index in [2.05, 4.69) is 120 Å². The summed E-state index contributed by atoms with van der Waals surface area (Å²) in [4.78, 5) is 0. The van der Waals surface area contributed by atoms with Crippen molar-refractivity contribution in [1.29, 1.82) is 0 Å². The second kappa shape index (κ2) is 36.6. The van der Waals surface area contributed by atoms with Gasteiger partial charge in [0.25, 0.3) is 0 Å². The quantitative estimate of drug-likeness (QED) is 0.121. The number of aryl methyl sites for hydroxylation is 6. The molecule has 0 atom stereocenters. The molecule has 26 heteroatoms. The fraction of sp³-hybridized carbons (Fsp3) is 0.372. The SMILES string of the molecule is C.C.Cc1cnn(C(C)(C)C)c1-c1cc(F)c(F)cc1Br.Cc1cnn(C(C)(C)C)c1-c1cc(F)c(F)cc1F.Cc1cnn(C(C)(C)C)c1-c1cc(F)ccc1Br.Cc1cnn(C(C)(C)C)c1-c1cc(F)ccc1F.Cc1cnn(C(C)(C)C)c1-c1ccc(F)cc1Br.Cc1cnn(C(C)(C)C)c1-c1ccc(F)cc1F. The lowest BCUT2D eigenvalue weighted by atomic mass is 10.0. The summed E-state index contributed by atoms with van der Waals surface area (Å²) in [7, 11) is 0. The third-order valence-corrected chi connectivity index (χ3v) is 18.8. The average molecular weight is 1750 g/mol. The van der Waals surface area contributed by atoms with Crippen LogP contribution < -0.4 is 0 Å². The first kappa shape index (κ1) is 93.8. The minimum Gasteiger partial charge on any atom is -0.259 e. The van der Waals surface area contributed by atoms with Crippen LogP contribution in [0.5, 0.6) is 0 Å². The van der Waals surface area contributed by atoms with E-state index in [-0.39, 0.29) is 70.8 Å². The van der Waals surface area contributed by atoms with Crippen molar-refractivity contribution in [3.63, 3.8) is 0 Å². The van der Waals surface area contributed by atoms with Gasteiger partial charge in [0.1, 0.15) is 40.7 Å². The van der Waals surface area contributed by atoms with E-state index in [1.54, 1.807) is 57.9 Å². The van der Waals surface area contributed by atoms with Gasteiger partial charge in [-0.05, 0) is 316 Å². The lowest BCUT2D eigenvalue weighted by Crippen LogP contribution is -2.24. The van der Waals surface area contributed by atoms with Gasteiger partial charge in [0.05, 0.1) is 105 Å². The third kappa shape index (κ3) is 22.4. The number of aromatic nitrogens is 12. The van der Waals surface area contributed by atoms with Crippen molar-refractivity contribution < 1.29 is 48.3 Å². The Morgan fingerprint density at radius 3 is 0.804 bits per heavy atom. The van der Waals surface area contributed by atoms with E-state index in [4.69, 9.17) is 0 Å². The summed E-state index contributed by atoms with van der Waals surface area (Å²) in [5, 5.41) is 25.9. The maximum Gasteiger partial charge on any atom is 0.161 e. The molecule has 0 N–H and O–H groups in total. The van der Waals surface area contributed by atoms with Crippen LogP contribution in [-0.2, 0) is 33.2 Å². The monoisotopic (exact) mass is 1750 g/mol. The fourth-order valence-corrected chi connectivity index (χ4v) is 13.2. The molecule has 12 rings (SSSR count). The van der Waals surface area contributed by atoms with Crippen LogP contribution in [0.4, 0.5) is 48.3 Å². The smallest absolute Gasteiger partial charge is 0.161 e. The zero-order valence-corrected chi connectivity index (χ0v) is 71.1. The summed E-state index contributed by atoms with van der Waals surface area (Å²) in [6.45, 7) is 47.5. The van der Waals surface area contributed by atoms with Crippen molar-refractivity contribution >= 4 is 47.8 Å². The molecule has 0 saturated carbocycles. The van der Waals surface area contributed by atoms with Crippen molar-refractivity contribution in [2.24, 2.45) is 0 Å². The highest BCUT2D eigenvalue weighted by atomic mass is 79.9. The lowest BCUT2D eigenvalue weighted by Gasteiger charge is -2.23. The summed E-state index contributed by atoms with van der Waals surface area (Å²) < 4.78 is 161. The number of nitrogens with zero attached hydrogens (tertiary/aromatic N) is 12. The van der Waals surface area contributed by atoms with Gasteiger partial charge in [-0.25, -0.2) is 48.3 Å². The zero-order valence-electron chi connectivity index (χ0n) is 66.4. The Balaban J connectivity index is 0.000000239. The van der Waals surface area contributed by atoms with Gasteiger partial charge in [0.15, 0.2) is 23.3 Å². The Morgan fingerprint density at radius 2 is 0.455 bits per heavy atom. The lowest BCUT2D eigenvalue weighted by molar-refractivity contribution is 0.359. The molecule has 0 spiro atoms. The molecule has 0 bridgehead atoms. The van der Waals surface area contributed by atoms with Crippen LogP contribution in [0.1, 0.15) is 173 Å². The Labute approximate surface area is 677 Å². The Kier molecular flexibility index (Phi) is 30.7. The van der Waals surface area contributed by atoms with Crippen molar-refractivity contribution in [3.8, 4) is 67.5 Å². The Hall–Kier alpha value is -8.75. The normalized spacial score (nSPS) is 11.7. The van der Waals surface area contributed by atoms with E-state index in [0.29, 0.717) is 44.3 Å².